The molecule has 4 aromatic carbocycles. The van der Waals surface area contributed by atoms with E-state index in [2.05, 4.69) is 5.32 Å². The summed E-state index contributed by atoms with van der Waals surface area (Å²) in [6.45, 7) is 2.71. The molecule has 0 aliphatic carbocycles. The lowest BCUT2D eigenvalue weighted by atomic mass is 9.99. The largest absolute Gasteiger partial charge is 0.494 e. The van der Waals surface area contributed by atoms with Crippen molar-refractivity contribution in [3.63, 3.8) is 0 Å². The zero-order chi connectivity index (χ0) is 28.2. The van der Waals surface area contributed by atoms with Crippen molar-refractivity contribution < 1.29 is 23.9 Å². The Hall–Kier alpha value is -4.33. The van der Waals surface area contributed by atoms with Gasteiger partial charge in [-0.3, -0.25) is 14.9 Å². The van der Waals surface area contributed by atoms with E-state index in [9.17, 15) is 14.4 Å². The average molecular weight is 575 g/mol. The van der Waals surface area contributed by atoms with Crippen LogP contribution in [0.2, 0.25) is 10.0 Å². The summed E-state index contributed by atoms with van der Waals surface area (Å²) in [6.07, 6.45) is 2.31. The first-order chi connectivity index (χ1) is 19.4. The van der Waals surface area contributed by atoms with E-state index in [1.54, 1.807) is 48.5 Å². The molecule has 0 radical (unpaired) electrons. The third-order valence-electron chi connectivity index (χ3n) is 6.27. The second-order valence-electron chi connectivity index (χ2n) is 9.04. The van der Waals surface area contributed by atoms with Gasteiger partial charge in [-0.05, 0) is 71.3 Å². The molecule has 0 aromatic heterocycles. The molecule has 1 fully saturated rings. The van der Waals surface area contributed by atoms with Gasteiger partial charge in [-0.1, -0.05) is 66.5 Å². The molecule has 1 heterocycles. The molecule has 0 saturated carbocycles. The number of barbiturate groups is 1. The fraction of sp³-hybridized carbons (Fsp3) is 0.129. The monoisotopic (exact) mass is 574 g/mol. The summed E-state index contributed by atoms with van der Waals surface area (Å²) in [5.41, 5.74) is 1.41. The molecule has 4 amide bonds. The molecule has 1 aliphatic rings. The van der Waals surface area contributed by atoms with Crippen LogP contribution in [-0.4, -0.2) is 24.5 Å². The Morgan fingerprint density at radius 1 is 0.875 bits per heavy atom. The second-order valence-corrected chi connectivity index (χ2v) is 9.85. The molecule has 5 rings (SSSR count). The Labute approximate surface area is 240 Å². The van der Waals surface area contributed by atoms with Gasteiger partial charge in [0.1, 0.15) is 23.7 Å². The number of halogens is 2. The number of rotatable bonds is 8. The quantitative estimate of drug-likeness (QED) is 0.178. The number of carbonyl (C=O) groups is 3. The second kappa shape index (κ2) is 11.8. The molecule has 40 heavy (non-hydrogen) atoms. The Morgan fingerprint density at radius 2 is 1.65 bits per heavy atom. The fourth-order valence-electron chi connectivity index (χ4n) is 4.29. The van der Waals surface area contributed by atoms with E-state index in [1.807, 2.05) is 37.3 Å². The molecule has 7 nitrogen and oxygen atoms in total. The lowest BCUT2D eigenvalue weighted by Gasteiger charge is -2.26. The summed E-state index contributed by atoms with van der Waals surface area (Å²) < 4.78 is 11.7. The van der Waals surface area contributed by atoms with Gasteiger partial charge < -0.3 is 9.47 Å². The molecule has 0 unspecified atom stereocenters. The number of hydrogen-bond acceptors (Lipinski definition) is 5. The molecule has 0 spiro atoms. The van der Waals surface area contributed by atoms with Crippen molar-refractivity contribution in [2.24, 2.45) is 0 Å². The number of anilines is 1. The highest BCUT2D eigenvalue weighted by Crippen LogP contribution is 2.33. The first-order valence-electron chi connectivity index (χ1n) is 12.6. The van der Waals surface area contributed by atoms with Gasteiger partial charge in [-0.15, -0.1) is 0 Å². The predicted octanol–water partition coefficient (Wildman–Crippen LogP) is 7.18. The van der Waals surface area contributed by atoms with Crippen LogP contribution in [0.4, 0.5) is 10.5 Å². The van der Waals surface area contributed by atoms with Crippen molar-refractivity contribution in [2.75, 3.05) is 11.5 Å². The molecule has 0 bridgehead atoms. The van der Waals surface area contributed by atoms with Crippen molar-refractivity contribution in [1.82, 2.24) is 5.32 Å². The van der Waals surface area contributed by atoms with Gasteiger partial charge in [0.2, 0.25) is 0 Å². The highest BCUT2D eigenvalue weighted by molar-refractivity contribution is 6.42. The van der Waals surface area contributed by atoms with E-state index in [4.69, 9.17) is 32.7 Å². The van der Waals surface area contributed by atoms with E-state index in [0.29, 0.717) is 39.4 Å². The predicted molar refractivity (Wildman–Crippen MR) is 156 cm³/mol. The number of fused-ring (bicyclic) bond motifs is 1. The van der Waals surface area contributed by atoms with Crippen LogP contribution in [0.15, 0.2) is 84.4 Å². The summed E-state index contributed by atoms with van der Waals surface area (Å²) in [5.74, 6) is -0.488. The number of carbonyl (C=O) groups excluding carboxylic acids is 3. The van der Waals surface area contributed by atoms with E-state index >= 15 is 0 Å². The van der Waals surface area contributed by atoms with Crippen LogP contribution >= 0.6 is 23.2 Å². The van der Waals surface area contributed by atoms with Gasteiger partial charge in [0.15, 0.2) is 0 Å². The molecule has 9 heteroatoms. The summed E-state index contributed by atoms with van der Waals surface area (Å²) >= 11 is 12.2. The molecule has 1 N–H and O–H groups in total. The molecular formula is C31H24Cl2N2O5. The first kappa shape index (κ1) is 27.2. The smallest absolute Gasteiger partial charge is 0.335 e. The minimum atomic E-state index is -0.830. The standard InChI is InChI=1S/C31H24Cl2N2O5/c1-2-15-39-22-11-9-21(10-12-22)35-30(37)25(29(36)34-31(35)38)17-24-23-6-4-3-5-20(23)8-14-28(24)40-18-19-7-13-26(32)27(33)16-19/h3-14,16-17H,2,15,18H2,1H3,(H,34,36,38)/b25-17-. The van der Waals surface area contributed by atoms with E-state index in [1.165, 1.54) is 6.08 Å². The first-order valence-corrected chi connectivity index (χ1v) is 13.3. The molecule has 1 saturated heterocycles. The topological polar surface area (TPSA) is 84.9 Å². The zero-order valence-electron chi connectivity index (χ0n) is 21.4. The van der Waals surface area contributed by atoms with Gasteiger partial charge in [-0.25, -0.2) is 9.69 Å². The van der Waals surface area contributed by atoms with Crippen molar-refractivity contribution >= 4 is 63.6 Å². The van der Waals surface area contributed by atoms with E-state index in [0.717, 1.165) is 27.7 Å². The molecule has 1 aliphatic heterocycles. The number of nitrogens with zero attached hydrogens (tertiary/aromatic N) is 1. The number of nitrogens with one attached hydrogen (secondary N) is 1. The third-order valence-corrected chi connectivity index (χ3v) is 7.01. The van der Waals surface area contributed by atoms with Gasteiger partial charge in [-0.2, -0.15) is 0 Å². The van der Waals surface area contributed by atoms with Gasteiger partial charge in [0.25, 0.3) is 11.8 Å². The van der Waals surface area contributed by atoms with Crippen molar-refractivity contribution in [3.05, 3.63) is 106 Å². The minimum Gasteiger partial charge on any atom is -0.494 e. The highest BCUT2D eigenvalue weighted by Gasteiger charge is 2.37. The number of amides is 4. The summed E-state index contributed by atoms with van der Waals surface area (Å²) in [4.78, 5) is 40.2. The lowest BCUT2D eigenvalue weighted by Crippen LogP contribution is -2.54. The van der Waals surface area contributed by atoms with Gasteiger partial charge >= 0.3 is 6.03 Å². The van der Waals surface area contributed by atoms with Crippen LogP contribution < -0.4 is 19.7 Å². The Morgan fingerprint density at radius 3 is 2.40 bits per heavy atom. The Kier molecular flexibility index (Phi) is 8.05. The average Bonchev–Trinajstić information content (AvgIpc) is 2.95. The van der Waals surface area contributed by atoms with Crippen molar-refractivity contribution in [2.45, 2.75) is 20.0 Å². The van der Waals surface area contributed by atoms with Crippen LogP contribution in [0.3, 0.4) is 0 Å². The van der Waals surface area contributed by atoms with Crippen molar-refractivity contribution in [1.29, 1.82) is 0 Å². The van der Waals surface area contributed by atoms with Gasteiger partial charge in [0, 0.05) is 5.56 Å². The van der Waals surface area contributed by atoms with E-state index in [-0.39, 0.29) is 12.2 Å². The van der Waals surface area contributed by atoms with Gasteiger partial charge in [0.05, 0.1) is 22.3 Å². The molecule has 0 atom stereocenters. The maximum atomic E-state index is 13.6. The molecular weight excluding hydrogens is 551 g/mol. The van der Waals surface area contributed by atoms with Crippen LogP contribution in [0.1, 0.15) is 24.5 Å². The molecule has 202 valence electrons. The summed E-state index contributed by atoms with van der Waals surface area (Å²) in [6, 6.07) is 22.1. The van der Waals surface area contributed by atoms with Crippen LogP contribution in [0.5, 0.6) is 11.5 Å². The SMILES string of the molecule is CCCOc1ccc(N2C(=O)NC(=O)/C(=C/c3c(OCc4ccc(Cl)c(Cl)c4)ccc4ccccc34)C2=O)cc1. The number of urea groups is 1. The maximum absolute atomic E-state index is 13.6. The summed E-state index contributed by atoms with van der Waals surface area (Å²) in [7, 11) is 0. The highest BCUT2D eigenvalue weighted by atomic mass is 35.5. The maximum Gasteiger partial charge on any atom is 0.335 e. The number of hydrogen-bond donors (Lipinski definition) is 1. The van der Waals surface area contributed by atoms with Crippen LogP contribution in [-0.2, 0) is 16.2 Å². The van der Waals surface area contributed by atoms with E-state index < -0.39 is 17.8 Å². The lowest BCUT2D eigenvalue weighted by molar-refractivity contribution is -0.122. The fourth-order valence-corrected chi connectivity index (χ4v) is 4.61. The Bertz CT molecular complexity index is 1650. The zero-order valence-corrected chi connectivity index (χ0v) is 23.0. The summed E-state index contributed by atoms with van der Waals surface area (Å²) in [5, 5.41) is 4.77. The van der Waals surface area contributed by atoms with Crippen molar-refractivity contribution in [3.8, 4) is 11.5 Å². The van der Waals surface area contributed by atoms with Crippen LogP contribution in [0, 0.1) is 0 Å². The number of ether oxygens (including phenoxy) is 2. The third kappa shape index (κ3) is 5.66. The Balaban J connectivity index is 1.52. The number of imide groups is 2. The molecule has 4 aromatic rings. The number of benzene rings is 4. The normalized spacial score (nSPS) is 14.5. The van der Waals surface area contributed by atoms with Crippen LogP contribution in [0.25, 0.3) is 16.8 Å². The minimum absolute atomic E-state index is 0.169.